The molecule has 4 heteroatoms. The fourth-order valence-electron chi connectivity index (χ4n) is 1.14. The van der Waals surface area contributed by atoms with Crippen LogP contribution in [0.2, 0.25) is 0 Å². The van der Waals surface area contributed by atoms with Crippen molar-refractivity contribution in [3.05, 3.63) is 35.4 Å². The van der Waals surface area contributed by atoms with E-state index in [1.165, 1.54) is 6.07 Å². The average Bonchev–Trinajstić information content (AvgIpc) is 2.85. The maximum absolute atomic E-state index is 12.4. The highest BCUT2D eigenvalue weighted by Crippen LogP contribution is 2.36. The van der Waals surface area contributed by atoms with Gasteiger partial charge in [-0.1, -0.05) is 18.2 Å². The summed E-state index contributed by atoms with van der Waals surface area (Å²) >= 11 is -0.0530. The Morgan fingerprint density at radius 1 is 1.15 bits per heavy atom. The molecule has 0 saturated carbocycles. The lowest BCUT2D eigenvalue weighted by Gasteiger charge is -2.09. The number of benzene rings is 1. The monoisotopic (exact) mass is 298 g/mol. The summed E-state index contributed by atoms with van der Waals surface area (Å²) in [6.07, 6.45) is -4.20. The summed E-state index contributed by atoms with van der Waals surface area (Å²) in [5, 5.41) is 0. The van der Waals surface area contributed by atoms with Crippen LogP contribution in [-0.2, 0) is 6.18 Å². The van der Waals surface area contributed by atoms with Crippen LogP contribution in [0.15, 0.2) is 24.3 Å². The number of alkyl halides is 4. The van der Waals surface area contributed by atoms with Crippen LogP contribution < -0.4 is 0 Å². The maximum Gasteiger partial charge on any atom is 0.417 e. The molecule has 0 bridgehead atoms. The van der Waals surface area contributed by atoms with E-state index in [2.05, 4.69) is 0 Å². The minimum absolute atomic E-state index is 0.0530. The molecule has 0 N–H and O–H groups in total. The molecule has 1 aliphatic rings. The predicted octanol–water partition coefficient (Wildman–Crippen LogP) is 3.21. The second-order valence-electron chi connectivity index (χ2n) is 2.72. The molecule has 0 spiro atoms. The molecule has 0 atom stereocenters. The summed E-state index contributed by atoms with van der Waals surface area (Å²) < 4.78 is 39.3. The van der Waals surface area contributed by atoms with E-state index >= 15 is 0 Å². The Labute approximate surface area is 83.5 Å². The summed E-state index contributed by atoms with van der Waals surface area (Å²) in [6, 6.07) is 5.84. The Balaban J connectivity index is 2.49. The van der Waals surface area contributed by atoms with Crippen LogP contribution in [0.5, 0.6) is 0 Å². The molecule has 0 saturated heterocycles. The first kappa shape index (κ1) is 9.18. The van der Waals surface area contributed by atoms with E-state index in [9.17, 15) is 13.2 Å². The fraction of sp³-hybridized carbons (Fsp3) is 0.222. The lowest BCUT2D eigenvalue weighted by molar-refractivity contribution is -0.137. The van der Waals surface area contributed by atoms with Gasteiger partial charge in [-0.3, -0.25) is 0 Å². The van der Waals surface area contributed by atoms with Crippen molar-refractivity contribution in [2.45, 2.75) is 6.18 Å². The fourth-order valence-corrected chi connectivity index (χ4v) is 2.63. The van der Waals surface area contributed by atoms with Gasteiger partial charge in [0.25, 0.3) is 0 Å². The Morgan fingerprint density at radius 2 is 1.77 bits per heavy atom. The topological polar surface area (TPSA) is 0 Å². The van der Waals surface area contributed by atoms with Crippen LogP contribution in [-0.4, -0.2) is 7.94 Å². The molecular weight excluding hydrogens is 292 g/mol. The van der Waals surface area contributed by atoms with Crippen LogP contribution >= 0.6 is 20.7 Å². The van der Waals surface area contributed by atoms with Crippen molar-refractivity contribution < 1.29 is 13.2 Å². The molecule has 1 heterocycles. The number of rotatable bonds is 1. The molecule has 1 aliphatic heterocycles. The number of hydrogen-bond donors (Lipinski definition) is 0. The van der Waals surface area contributed by atoms with Crippen molar-refractivity contribution in [3.8, 4) is 0 Å². The molecular formula is C9H6F3I. The van der Waals surface area contributed by atoms with Crippen molar-refractivity contribution in [1.29, 1.82) is 0 Å². The smallest absolute Gasteiger partial charge is 0.166 e. The van der Waals surface area contributed by atoms with Gasteiger partial charge in [0.2, 0.25) is 0 Å². The highest BCUT2D eigenvalue weighted by molar-refractivity contribution is 14.2. The lowest BCUT2D eigenvalue weighted by atomic mass is 10.1. The second-order valence-corrected chi connectivity index (χ2v) is 5.54. The zero-order chi connectivity index (χ0) is 9.47. The van der Waals surface area contributed by atoms with Crippen molar-refractivity contribution in [2.75, 3.05) is 4.43 Å². The Kier molecular flexibility index (Phi) is 2.17. The average molecular weight is 298 g/mol. The summed E-state index contributed by atoms with van der Waals surface area (Å²) in [5.41, 5.74) is -0.0370. The summed E-state index contributed by atoms with van der Waals surface area (Å²) in [5.74, 6) is 0. The van der Waals surface area contributed by atoms with E-state index in [1.807, 2.05) is 0 Å². The van der Waals surface area contributed by atoms with E-state index in [0.717, 1.165) is 14.0 Å². The standard InChI is InChI=1S/C9H6F3I/c10-9(11,12)7-4-2-1-3-6(7)8-5-13-8/h1-4H,5H2. The van der Waals surface area contributed by atoms with Gasteiger partial charge in [0.1, 0.15) is 0 Å². The minimum Gasteiger partial charge on any atom is -0.166 e. The molecule has 2 rings (SSSR count). The van der Waals surface area contributed by atoms with Crippen LogP contribution in [0.3, 0.4) is 0 Å². The molecule has 0 nitrogen and oxygen atoms in total. The predicted molar refractivity (Wildman–Crippen MR) is 54.4 cm³/mol. The molecule has 70 valence electrons. The van der Waals surface area contributed by atoms with Gasteiger partial charge >= 0.3 is 6.18 Å². The van der Waals surface area contributed by atoms with Crippen molar-refractivity contribution in [3.63, 3.8) is 0 Å². The number of hydrogen-bond acceptors (Lipinski definition) is 0. The van der Waals surface area contributed by atoms with Crippen LogP contribution in [0.1, 0.15) is 11.1 Å². The van der Waals surface area contributed by atoms with Gasteiger partial charge in [-0.25, -0.2) is 0 Å². The third kappa shape index (κ3) is 1.92. The van der Waals surface area contributed by atoms with Crippen LogP contribution in [0, 0.1) is 0 Å². The van der Waals surface area contributed by atoms with Crippen LogP contribution in [0.4, 0.5) is 13.2 Å². The van der Waals surface area contributed by atoms with E-state index in [4.69, 9.17) is 0 Å². The third-order valence-corrected chi connectivity index (χ3v) is 3.90. The summed E-state index contributed by atoms with van der Waals surface area (Å²) in [6.45, 7) is 0. The second kappa shape index (κ2) is 3.08. The van der Waals surface area contributed by atoms with Crippen molar-refractivity contribution in [1.82, 2.24) is 0 Å². The molecule has 0 radical (unpaired) electrons. The van der Waals surface area contributed by atoms with Gasteiger partial charge < -0.3 is 0 Å². The van der Waals surface area contributed by atoms with Crippen LogP contribution in [0.25, 0.3) is 0 Å². The first-order valence-electron chi connectivity index (χ1n) is 3.70. The molecule has 13 heavy (non-hydrogen) atoms. The van der Waals surface area contributed by atoms with Gasteiger partial charge in [0, 0.05) is 4.43 Å². The third-order valence-electron chi connectivity index (χ3n) is 1.79. The van der Waals surface area contributed by atoms with Gasteiger partial charge in [-0.05, 0) is 15.1 Å². The first-order valence-corrected chi connectivity index (χ1v) is 6.31. The molecule has 0 fully saturated rings. The Hall–Kier alpha value is -0.390. The first-order chi connectivity index (χ1) is 6.09. The molecule has 0 aromatic heterocycles. The summed E-state index contributed by atoms with van der Waals surface area (Å²) in [4.78, 5) is 0. The largest absolute Gasteiger partial charge is 0.417 e. The molecule has 0 amide bonds. The normalized spacial score (nSPS) is 16.1. The van der Waals surface area contributed by atoms with E-state index in [0.29, 0.717) is 5.56 Å². The highest BCUT2D eigenvalue weighted by Gasteiger charge is 2.34. The van der Waals surface area contributed by atoms with Gasteiger partial charge in [0.15, 0.2) is 0 Å². The molecule has 1 aromatic rings. The molecule has 0 aliphatic carbocycles. The maximum atomic E-state index is 12.4. The molecule has 0 unspecified atom stereocenters. The Morgan fingerprint density at radius 3 is 2.31 bits per heavy atom. The van der Waals surface area contributed by atoms with Crippen molar-refractivity contribution >= 4 is 24.2 Å². The quantitative estimate of drug-likeness (QED) is 0.552. The van der Waals surface area contributed by atoms with Crippen molar-refractivity contribution in [2.24, 2.45) is 0 Å². The zero-order valence-corrected chi connectivity index (χ0v) is 8.69. The van der Waals surface area contributed by atoms with E-state index in [1.54, 1.807) is 12.1 Å². The van der Waals surface area contributed by atoms with E-state index < -0.39 is 11.7 Å². The van der Waals surface area contributed by atoms with Gasteiger partial charge in [-0.15, -0.1) is 20.7 Å². The lowest BCUT2D eigenvalue weighted by Crippen LogP contribution is -2.09. The number of halogens is 4. The van der Waals surface area contributed by atoms with Gasteiger partial charge in [-0.2, -0.15) is 13.2 Å². The Bertz CT molecular complexity index is 365. The minimum atomic E-state index is -4.20. The summed E-state index contributed by atoms with van der Waals surface area (Å²) in [7, 11) is 0. The zero-order valence-electron chi connectivity index (χ0n) is 6.53. The molecule has 1 aromatic carbocycles. The van der Waals surface area contributed by atoms with Gasteiger partial charge in [0.05, 0.1) is 5.56 Å². The highest BCUT2D eigenvalue weighted by atomic mass is 127. The van der Waals surface area contributed by atoms with E-state index in [-0.39, 0.29) is 20.7 Å². The SMILES string of the molecule is FC(F)(F)c1ccccc1C1=IC1.